The maximum atomic E-state index is 13.0. The van der Waals surface area contributed by atoms with E-state index in [0.29, 0.717) is 29.4 Å². The fourth-order valence-corrected chi connectivity index (χ4v) is 3.08. The average molecular weight is 428 g/mol. The molecular weight excluding hydrogens is 407 g/mol. The molecule has 1 unspecified atom stereocenters. The van der Waals surface area contributed by atoms with Crippen molar-refractivity contribution < 1.29 is 13.9 Å². The van der Waals surface area contributed by atoms with Crippen LogP contribution in [0.15, 0.2) is 91.3 Å². The fraction of sp³-hybridized carbons (Fsp3) is 0.0800. The smallest absolute Gasteiger partial charge is 0.242 e. The number of nitrogens with zero attached hydrogens (tertiary/aromatic N) is 2. The molecule has 4 rings (SSSR count). The number of hydrogen-bond acceptors (Lipinski definition) is 5. The molecule has 32 heavy (non-hydrogen) atoms. The molecule has 0 spiro atoms. The van der Waals surface area contributed by atoms with Gasteiger partial charge < -0.3 is 15.8 Å². The van der Waals surface area contributed by atoms with Gasteiger partial charge in [0.2, 0.25) is 5.91 Å². The number of carbonyl (C=O) groups excluding carboxylic acids is 1. The van der Waals surface area contributed by atoms with E-state index in [1.165, 1.54) is 12.1 Å². The summed E-state index contributed by atoms with van der Waals surface area (Å²) in [5.41, 5.74) is 8.47. The number of hydrogen-bond donors (Lipinski definition) is 2. The largest absolute Gasteiger partial charge is 0.457 e. The van der Waals surface area contributed by atoms with Crippen LogP contribution in [-0.2, 0) is 11.2 Å². The zero-order valence-electron chi connectivity index (χ0n) is 17.1. The van der Waals surface area contributed by atoms with Crippen molar-refractivity contribution in [3.63, 3.8) is 0 Å². The minimum absolute atomic E-state index is 0.316. The lowest BCUT2D eigenvalue weighted by atomic mass is 10.1. The molecular formula is C25H21FN4O2. The van der Waals surface area contributed by atoms with Crippen molar-refractivity contribution in [2.24, 2.45) is 5.73 Å². The quantitative estimate of drug-likeness (QED) is 0.450. The highest BCUT2D eigenvalue weighted by Gasteiger charge is 2.15. The third-order valence-corrected chi connectivity index (χ3v) is 4.71. The number of benzene rings is 2. The predicted molar refractivity (Wildman–Crippen MR) is 121 cm³/mol. The van der Waals surface area contributed by atoms with Crippen LogP contribution in [0.2, 0.25) is 0 Å². The molecule has 0 aliphatic carbocycles. The third-order valence-electron chi connectivity index (χ3n) is 4.71. The number of carbonyl (C=O) groups is 1. The van der Waals surface area contributed by atoms with E-state index >= 15 is 0 Å². The molecule has 160 valence electrons. The summed E-state index contributed by atoms with van der Waals surface area (Å²) in [6, 6.07) is 21.5. The van der Waals surface area contributed by atoms with Crippen LogP contribution in [0, 0.1) is 5.82 Å². The van der Waals surface area contributed by atoms with E-state index in [9.17, 15) is 9.18 Å². The molecule has 6 nitrogen and oxygen atoms in total. The number of nitrogens with two attached hydrogens (primary N) is 1. The van der Waals surface area contributed by atoms with E-state index in [4.69, 9.17) is 10.5 Å². The maximum Gasteiger partial charge on any atom is 0.242 e. The number of aromatic nitrogens is 2. The van der Waals surface area contributed by atoms with Gasteiger partial charge in [0.1, 0.15) is 23.1 Å². The first-order valence-corrected chi connectivity index (χ1v) is 10.0. The molecule has 1 amide bonds. The standard InChI is InChI=1S/C25H21FN4O2/c26-19-8-12-21(13-9-19)32-20-10-6-18(7-11-20)23-4-1-5-24(29-23)30-25(31)22(27)15-17-3-2-14-28-16-17/h1-14,16,22H,15,27H2,(H,29,30,31). The van der Waals surface area contributed by atoms with Crippen molar-refractivity contribution in [1.82, 2.24) is 9.97 Å². The van der Waals surface area contributed by atoms with E-state index in [1.807, 2.05) is 30.3 Å². The SMILES string of the molecule is NC(Cc1cccnc1)C(=O)Nc1cccc(-c2ccc(Oc3ccc(F)cc3)cc2)n1. The number of halogens is 1. The second-order valence-corrected chi connectivity index (χ2v) is 7.15. The highest BCUT2D eigenvalue weighted by atomic mass is 19.1. The molecule has 0 aliphatic heterocycles. The second-order valence-electron chi connectivity index (χ2n) is 7.15. The van der Waals surface area contributed by atoms with Gasteiger partial charge in [0.25, 0.3) is 0 Å². The van der Waals surface area contributed by atoms with E-state index in [0.717, 1.165) is 11.1 Å². The number of pyridine rings is 2. The van der Waals surface area contributed by atoms with E-state index in [2.05, 4.69) is 15.3 Å². The predicted octanol–water partition coefficient (Wildman–Crippen LogP) is 4.58. The van der Waals surface area contributed by atoms with Crippen molar-refractivity contribution in [2.75, 3.05) is 5.32 Å². The normalized spacial score (nSPS) is 11.6. The molecule has 0 saturated heterocycles. The summed E-state index contributed by atoms with van der Waals surface area (Å²) in [7, 11) is 0. The molecule has 3 N–H and O–H groups in total. The molecule has 4 aromatic rings. The van der Waals surface area contributed by atoms with Crippen LogP contribution in [-0.4, -0.2) is 21.9 Å². The molecule has 1 atom stereocenters. The van der Waals surface area contributed by atoms with Crippen LogP contribution in [0.1, 0.15) is 5.56 Å². The van der Waals surface area contributed by atoms with Gasteiger partial charge >= 0.3 is 0 Å². The van der Waals surface area contributed by atoms with Gasteiger partial charge in [-0.3, -0.25) is 9.78 Å². The molecule has 0 radical (unpaired) electrons. The van der Waals surface area contributed by atoms with Gasteiger partial charge in [0, 0.05) is 18.0 Å². The van der Waals surface area contributed by atoms with Crippen molar-refractivity contribution >= 4 is 11.7 Å². The Labute approximate surface area is 184 Å². The minimum Gasteiger partial charge on any atom is -0.457 e. The summed E-state index contributed by atoms with van der Waals surface area (Å²) >= 11 is 0. The Hall–Kier alpha value is -4.10. The van der Waals surface area contributed by atoms with Crippen LogP contribution in [0.3, 0.4) is 0 Å². The molecule has 0 bridgehead atoms. The fourth-order valence-electron chi connectivity index (χ4n) is 3.08. The topological polar surface area (TPSA) is 90.1 Å². The van der Waals surface area contributed by atoms with Crippen molar-refractivity contribution in [2.45, 2.75) is 12.5 Å². The Kier molecular flexibility index (Phi) is 6.48. The Balaban J connectivity index is 1.41. The Morgan fingerprint density at radius 3 is 2.38 bits per heavy atom. The molecule has 0 aliphatic rings. The van der Waals surface area contributed by atoms with E-state index in [1.54, 1.807) is 48.8 Å². The maximum absolute atomic E-state index is 13.0. The van der Waals surface area contributed by atoms with Crippen molar-refractivity contribution in [3.8, 4) is 22.8 Å². The number of anilines is 1. The number of ether oxygens (including phenoxy) is 1. The lowest BCUT2D eigenvalue weighted by Gasteiger charge is -2.12. The first kappa shape index (κ1) is 21.1. The van der Waals surface area contributed by atoms with Gasteiger partial charge in [-0.1, -0.05) is 12.1 Å². The van der Waals surface area contributed by atoms with Crippen LogP contribution >= 0.6 is 0 Å². The first-order valence-electron chi connectivity index (χ1n) is 10.0. The van der Waals surface area contributed by atoms with Crippen LogP contribution in [0.4, 0.5) is 10.2 Å². The third kappa shape index (κ3) is 5.53. The summed E-state index contributed by atoms with van der Waals surface area (Å²) in [6.07, 6.45) is 3.75. The molecule has 2 heterocycles. The highest BCUT2D eigenvalue weighted by Crippen LogP contribution is 2.25. The van der Waals surface area contributed by atoms with Gasteiger partial charge in [-0.05, 0) is 78.7 Å². The van der Waals surface area contributed by atoms with Gasteiger partial charge in [0.05, 0.1) is 11.7 Å². The monoisotopic (exact) mass is 428 g/mol. The minimum atomic E-state index is -0.715. The van der Waals surface area contributed by atoms with Crippen molar-refractivity contribution in [1.29, 1.82) is 0 Å². The average Bonchev–Trinajstić information content (AvgIpc) is 2.82. The Morgan fingerprint density at radius 2 is 1.69 bits per heavy atom. The molecule has 7 heteroatoms. The summed E-state index contributed by atoms with van der Waals surface area (Å²) in [5.74, 6) is 0.946. The lowest BCUT2D eigenvalue weighted by molar-refractivity contribution is -0.117. The van der Waals surface area contributed by atoms with Gasteiger partial charge in [-0.2, -0.15) is 0 Å². The van der Waals surface area contributed by atoms with Crippen LogP contribution < -0.4 is 15.8 Å². The summed E-state index contributed by atoms with van der Waals surface area (Å²) < 4.78 is 18.7. The Bertz CT molecular complexity index is 1180. The summed E-state index contributed by atoms with van der Waals surface area (Å²) in [4.78, 5) is 21.0. The Morgan fingerprint density at radius 1 is 0.969 bits per heavy atom. The molecule has 2 aromatic carbocycles. The van der Waals surface area contributed by atoms with Crippen molar-refractivity contribution in [3.05, 3.63) is 103 Å². The van der Waals surface area contributed by atoms with Crippen LogP contribution in [0.25, 0.3) is 11.3 Å². The van der Waals surface area contributed by atoms with Gasteiger partial charge in [-0.25, -0.2) is 9.37 Å². The zero-order valence-corrected chi connectivity index (χ0v) is 17.1. The zero-order chi connectivity index (χ0) is 22.3. The van der Waals surface area contributed by atoms with Gasteiger partial charge in [-0.15, -0.1) is 0 Å². The van der Waals surface area contributed by atoms with E-state index in [-0.39, 0.29) is 11.7 Å². The first-order chi connectivity index (χ1) is 15.6. The molecule has 0 saturated carbocycles. The summed E-state index contributed by atoms with van der Waals surface area (Å²) in [5, 5.41) is 2.77. The number of rotatable bonds is 7. The molecule has 0 fully saturated rings. The lowest BCUT2D eigenvalue weighted by Crippen LogP contribution is -2.37. The molecule has 2 aromatic heterocycles. The highest BCUT2D eigenvalue weighted by molar-refractivity contribution is 5.94. The summed E-state index contributed by atoms with van der Waals surface area (Å²) in [6.45, 7) is 0. The number of amides is 1. The van der Waals surface area contributed by atoms with Gasteiger partial charge in [0.15, 0.2) is 0 Å². The van der Waals surface area contributed by atoms with E-state index < -0.39 is 6.04 Å². The second kappa shape index (κ2) is 9.80. The van der Waals surface area contributed by atoms with Crippen LogP contribution in [0.5, 0.6) is 11.5 Å². The number of nitrogens with one attached hydrogen (secondary N) is 1.